The third kappa shape index (κ3) is 2.63. The second-order valence-corrected chi connectivity index (χ2v) is 6.19. The third-order valence-corrected chi connectivity index (χ3v) is 4.41. The summed E-state index contributed by atoms with van der Waals surface area (Å²) in [5, 5.41) is 6.64. The second kappa shape index (κ2) is 6.11. The molecule has 0 spiro atoms. The van der Waals surface area contributed by atoms with Crippen molar-refractivity contribution in [2.24, 2.45) is 0 Å². The molecule has 7 heteroatoms. The van der Waals surface area contributed by atoms with E-state index >= 15 is 0 Å². The van der Waals surface area contributed by atoms with E-state index in [2.05, 4.69) is 15.5 Å². The first kappa shape index (κ1) is 16.0. The molecule has 0 bridgehead atoms. The monoisotopic (exact) mass is 348 g/mol. The van der Waals surface area contributed by atoms with Crippen molar-refractivity contribution in [3.63, 3.8) is 0 Å². The van der Waals surface area contributed by atoms with Crippen molar-refractivity contribution in [2.45, 2.75) is 19.0 Å². The Labute approximate surface area is 149 Å². The molecule has 0 aliphatic carbocycles. The van der Waals surface area contributed by atoms with Crippen LogP contribution in [-0.4, -0.2) is 27.0 Å². The number of nitrogens with zero attached hydrogens (tertiary/aromatic N) is 3. The largest absolute Gasteiger partial charge is 0.334 e. The fourth-order valence-corrected chi connectivity index (χ4v) is 2.97. The first-order valence-electron chi connectivity index (χ1n) is 8.15. The van der Waals surface area contributed by atoms with E-state index in [0.29, 0.717) is 5.89 Å². The molecule has 3 aromatic rings. The second-order valence-electron chi connectivity index (χ2n) is 6.19. The normalized spacial score (nSPS) is 19.7. The average molecular weight is 348 g/mol. The summed E-state index contributed by atoms with van der Waals surface area (Å²) >= 11 is 0. The van der Waals surface area contributed by atoms with E-state index in [-0.39, 0.29) is 18.3 Å². The van der Waals surface area contributed by atoms with Crippen molar-refractivity contribution in [2.75, 3.05) is 0 Å². The van der Waals surface area contributed by atoms with Gasteiger partial charge in [-0.2, -0.15) is 4.98 Å². The fourth-order valence-electron chi connectivity index (χ4n) is 2.97. The molecule has 3 amide bonds. The number of urea groups is 1. The highest BCUT2D eigenvalue weighted by molar-refractivity contribution is 6.07. The molecular formula is C19H16N4O3. The number of imide groups is 1. The molecule has 1 fully saturated rings. The summed E-state index contributed by atoms with van der Waals surface area (Å²) in [4.78, 5) is 30.6. The average Bonchev–Trinajstić information content (AvgIpc) is 3.23. The van der Waals surface area contributed by atoms with E-state index < -0.39 is 11.6 Å². The van der Waals surface area contributed by atoms with Crippen molar-refractivity contribution < 1.29 is 14.1 Å². The van der Waals surface area contributed by atoms with Crippen molar-refractivity contribution in [1.29, 1.82) is 0 Å². The molecule has 130 valence electrons. The maximum Gasteiger partial charge on any atom is 0.325 e. The number of aromatic nitrogens is 2. The van der Waals surface area contributed by atoms with Gasteiger partial charge in [-0.25, -0.2) is 4.79 Å². The van der Waals surface area contributed by atoms with Crippen LogP contribution < -0.4 is 5.32 Å². The number of rotatable bonds is 4. The van der Waals surface area contributed by atoms with Gasteiger partial charge in [0.2, 0.25) is 0 Å². The number of benzene rings is 2. The first-order valence-corrected chi connectivity index (χ1v) is 8.15. The summed E-state index contributed by atoms with van der Waals surface area (Å²) < 4.78 is 5.24. The predicted molar refractivity (Wildman–Crippen MR) is 92.6 cm³/mol. The molecule has 1 aliphatic heterocycles. The summed E-state index contributed by atoms with van der Waals surface area (Å²) in [6, 6.07) is 18.0. The van der Waals surface area contributed by atoms with Crippen LogP contribution in [0.3, 0.4) is 0 Å². The van der Waals surface area contributed by atoms with Gasteiger partial charge >= 0.3 is 6.03 Å². The Kier molecular flexibility index (Phi) is 3.76. The van der Waals surface area contributed by atoms with E-state index in [0.717, 1.165) is 16.0 Å². The smallest absolute Gasteiger partial charge is 0.325 e. The van der Waals surface area contributed by atoms with Crippen LogP contribution in [0.25, 0.3) is 11.5 Å². The maximum absolute atomic E-state index is 12.9. The zero-order chi connectivity index (χ0) is 18.1. The van der Waals surface area contributed by atoms with Crippen molar-refractivity contribution >= 4 is 11.9 Å². The highest BCUT2D eigenvalue weighted by Gasteiger charge is 2.49. The Bertz CT molecular complexity index is 955. The van der Waals surface area contributed by atoms with Crippen LogP contribution in [-0.2, 0) is 16.9 Å². The lowest BCUT2D eigenvalue weighted by molar-refractivity contribution is -0.131. The van der Waals surface area contributed by atoms with E-state index in [1.807, 2.05) is 60.7 Å². The van der Waals surface area contributed by atoms with Crippen LogP contribution in [0.2, 0.25) is 0 Å². The van der Waals surface area contributed by atoms with Gasteiger partial charge in [0.15, 0.2) is 5.82 Å². The number of amides is 3. The first-order chi connectivity index (χ1) is 12.6. The van der Waals surface area contributed by atoms with Crippen molar-refractivity contribution in [3.05, 3.63) is 72.1 Å². The van der Waals surface area contributed by atoms with Gasteiger partial charge in [0.1, 0.15) is 5.54 Å². The van der Waals surface area contributed by atoms with E-state index in [1.165, 1.54) is 0 Å². The van der Waals surface area contributed by atoms with Gasteiger partial charge in [-0.3, -0.25) is 9.69 Å². The van der Waals surface area contributed by atoms with E-state index in [4.69, 9.17) is 4.52 Å². The minimum absolute atomic E-state index is 0.0522. The number of hydrogen-bond donors (Lipinski definition) is 1. The molecule has 0 radical (unpaired) electrons. The van der Waals surface area contributed by atoms with Crippen LogP contribution >= 0.6 is 0 Å². The summed E-state index contributed by atoms with van der Waals surface area (Å²) in [6.07, 6.45) is 0. The molecule has 26 heavy (non-hydrogen) atoms. The highest BCUT2D eigenvalue weighted by Crippen LogP contribution is 2.29. The number of hydrogen-bond acceptors (Lipinski definition) is 5. The topological polar surface area (TPSA) is 88.3 Å². The van der Waals surface area contributed by atoms with Gasteiger partial charge in [0.25, 0.3) is 11.8 Å². The van der Waals surface area contributed by atoms with Gasteiger partial charge in [0, 0.05) is 5.56 Å². The predicted octanol–water partition coefficient (Wildman–Crippen LogP) is 2.70. The molecular weight excluding hydrogens is 332 g/mol. The lowest BCUT2D eigenvalue weighted by atomic mass is 9.92. The Hall–Kier alpha value is -3.48. The molecule has 2 heterocycles. The Morgan fingerprint density at radius 1 is 1.04 bits per heavy atom. The van der Waals surface area contributed by atoms with Gasteiger partial charge in [-0.05, 0) is 24.6 Å². The maximum atomic E-state index is 12.9. The van der Waals surface area contributed by atoms with Crippen molar-refractivity contribution in [1.82, 2.24) is 20.4 Å². The van der Waals surface area contributed by atoms with Crippen LogP contribution in [0.4, 0.5) is 4.79 Å². The van der Waals surface area contributed by atoms with E-state index in [9.17, 15) is 9.59 Å². The zero-order valence-electron chi connectivity index (χ0n) is 14.0. The van der Waals surface area contributed by atoms with Crippen molar-refractivity contribution in [3.8, 4) is 11.5 Å². The molecule has 7 nitrogen and oxygen atoms in total. The third-order valence-electron chi connectivity index (χ3n) is 4.41. The molecule has 1 saturated heterocycles. The number of carbonyl (C=O) groups is 2. The Morgan fingerprint density at radius 2 is 1.69 bits per heavy atom. The van der Waals surface area contributed by atoms with Gasteiger partial charge in [0.05, 0.1) is 6.54 Å². The van der Waals surface area contributed by atoms with E-state index in [1.54, 1.807) is 6.92 Å². The minimum Gasteiger partial charge on any atom is -0.334 e. The van der Waals surface area contributed by atoms with Crippen LogP contribution in [0.5, 0.6) is 0 Å². The van der Waals surface area contributed by atoms with Gasteiger partial charge in [-0.15, -0.1) is 0 Å². The molecule has 1 atom stereocenters. The SMILES string of the molecule is CC1(c2ccccc2)NC(=O)N(Cc2noc(-c3ccccc3)n2)C1=O. The quantitative estimate of drug-likeness (QED) is 0.732. The van der Waals surface area contributed by atoms with Crippen LogP contribution in [0.15, 0.2) is 65.2 Å². The summed E-state index contributed by atoms with van der Waals surface area (Å²) in [6.45, 7) is 1.64. The lowest BCUT2D eigenvalue weighted by Gasteiger charge is -2.21. The van der Waals surface area contributed by atoms with Crippen LogP contribution in [0.1, 0.15) is 18.3 Å². The Morgan fingerprint density at radius 3 is 2.38 bits per heavy atom. The van der Waals surface area contributed by atoms with Crippen LogP contribution in [0, 0.1) is 0 Å². The molecule has 1 N–H and O–H groups in total. The van der Waals surface area contributed by atoms with Gasteiger partial charge < -0.3 is 9.84 Å². The Balaban J connectivity index is 1.57. The number of nitrogens with one attached hydrogen (secondary N) is 1. The van der Waals surface area contributed by atoms with Gasteiger partial charge in [-0.1, -0.05) is 53.7 Å². The zero-order valence-corrected chi connectivity index (χ0v) is 14.0. The fraction of sp³-hybridized carbons (Fsp3) is 0.158. The molecule has 0 saturated carbocycles. The standard InChI is InChI=1S/C19H16N4O3/c1-19(14-10-6-3-7-11-14)17(24)23(18(25)21-19)12-15-20-16(26-22-15)13-8-4-2-5-9-13/h2-11H,12H2,1H3,(H,21,25). The summed E-state index contributed by atoms with van der Waals surface area (Å²) in [5.74, 6) is 0.267. The minimum atomic E-state index is -1.11. The molecule has 4 rings (SSSR count). The lowest BCUT2D eigenvalue weighted by Crippen LogP contribution is -2.40. The molecule has 1 unspecified atom stereocenters. The molecule has 1 aromatic heterocycles. The molecule has 1 aliphatic rings. The highest BCUT2D eigenvalue weighted by atomic mass is 16.5. The summed E-state index contributed by atoms with van der Waals surface area (Å²) in [5.41, 5.74) is 0.390. The summed E-state index contributed by atoms with van der Waals surface area (Å²) in [7, 11) is 0. The number of carbonyl (C=O) groups excluding carboxylic acids is 2. The molecule has 2 aromatic carbocycles.